The molecule has 2 rings (SSSR count). The Labute approximate surface area is 106 Å². The summed E-state index contributed by atoms with van der Waals surface area (Å²) < 4.78 is 5.52. The van der Waals surface area contributed by atoms with E-state index >= 15 is 0 Å². The molecule has 0 radical (unpaired) electrons. The molecule has 1 aromatic rings. The fourth-order valence-electron chi connectivity index (χ4n) is 2.08. The van der Waals surface area contributed by atoms with Gasteiger partial charge in [0.05, 0.1) is 23.6 Å². The molecule has 1 amide bonds. The molecule has 18 heavy (non-hydrogen) atoms. The third-order valence-corrected chi connectivity index (χ3v) is 3.06. The number of nitrogen functional groups attached to an aromatic ring is 1. The standard InChI is InChI=1S/C12H18N4O2/c1-16(8-9-3-2-6-18-9)12(17)10-4-5-14-7-11(10)15-13/h4-5,7,9,15H,2-3,6,8,13H2,1H3. The molecule has 3 N–H and O–H groups in total. The van der Waals surface area contributed by atoms with Crippen molar-refractivity contribution in [3.8, 4) is 0 Å². The second-order valence-corrected chi connectivity index (χ2v) is 4.39. The van der Waals surface area contributed by atoms with Crippen molar-refractivity contribution in [2.45, 2.75) is 18.9 Å². The normalized spacial score (nSPS) is 18.7. The predicted octanol–water partition coefficient (Wildman–Crippen LogP) is 0.618. The lowest BCUT2D eigenvalue weighted by Crippen LogP contribution is -2.34. The van der Waals surface area contributed by atoms with Crippen LogP contribution in [0.3, 0.4) is 0 Å². The van der Waals surface area contributed by atoms with Crippen molar-refractivity contribution < 1.29 is 9.53 Å². The van der Waals surface area contributed by atoms with Gasteiger partial charge >= 0.3 is 0 Å². The number of amides is 1. The predicted molar refractivity (Wildman–Crippen MR) is 68.0 cm³/mol. The van der Waals surface area contributed by atoms with Crippen molar-refractivity contribution >= 4 is 11.6 Å². The monoisotopic (exact) mass is 250 g/mol. The van der Waals surface area contributed by atoms with Gasteiger partial charge in [-0.3, -0.25) is 15.6 Å². The van der Waals surface area contributed by atoms with Gasteiger partial charge in [0.25, 0.3) is 5.91 Å². The Morgan fingerprint density at radius 1 is 1.72 bits per heavy atom. The Bertz CT molecular complexity index is 418. The minimum Gasteiger partial charge on any atom is -0.376 e. The summed E-state index contributed by atoms with van der Waals surface area (Å²) in [6.07, 6.45) is 5.34. The zero-order valence-corrected chi connectivity index (χ0v) is 10.4. The molecule has 0 bridgehead atoms. The van der Waals surface area contributed by atoms with Crippen LogP contribution in [-0.2, 0) is 4.74 Å². The van der Waals surface area contributed by atoms with E-state index in [1.54, 1.807) is 24.2 Å². The molecule has 2 heterocycles. The smallest absolute Gasteiger partial charge is 0.255 e. The van der Waals surface area contributed by atoms with Crippen molar-refractivity contribution in [1.29, 1.82) is 0 Å². The molecule has 1 unspecified atom stereocenters. The number of nitrogens with zero attached hydrogens (tertiary/aromatic N) is 2. The number of rotatable bonds is 4. The van der Waals surface area contributed by atoms with Crippen LogP contribution in [0.2, 0.25) is 0 Å². The molecule has 1 atom stereocenters. The van der Waals surface area contributed by atoms with E-state index in [9.17, 15) is 4.79 Å². The summed E-state index contributed by atoms with van der Waals surface area (Å²) in [6, 6.07) is 1.66. The number of aromatic nitrogens is 1. The fraction of sp³-hybridized carbons (Fsp3) is 0.500. The Morgan fingerprint density at radius 3 is 3.22 bits per heavy atom. The molecule has 1 aliphatic rings. The molecule has 1 aromatic heterocycles. The molecular weight excluding hydrogens is 232 g/mol. The summed E-state index contributed by atoms with van der Waals surface area (Å²) in [6.45, 7) is 1.39. The second-order valence-electron chi connectivity index (χ2n) is 4.39. The van der Waals surface area contributed by atoms with Crippen LogP contribution in [0.4, 0.5) is 5.69 Å². The SMILES string of the molecule is CN(CC1CCCO1)C(=O)c1ccncc1NN. The van der Waals surface area contributed by atoms with E-state index in [0.29, 0.717) is 17.8 Å². The lowest BCUT2D eigenvalue weighted by atomic mass is 10.2. The van der Waals surface area contributed by atoms with Gasteiger partial charge in [-0.15, -0.1) is 0 Å². The Balaban J connectivity index is 2.05. The number of ether oxygens (including phenoxy) is 1. The Hall–Kier alpha value is -1.66. The molecule has 1 saturated heterocycles. The van der Waals surface area contributed by atoms with Crippen LogP contribution in [-0.4, -0.2) is 42.1 Å². The number of carbonyl (C=O) groups excluding carboxylic acids is 1. The fourth-order valence-corrected chi connectivity index (χ4v) is 2.08. The summed E-state index contributed by atoms with van der Waals surface area (Å²) in [7, 11) is 1.77. The largest absolute Gasteiger partial charge is 0.376 e. The lowest BCUT2D eigenvalue weighted by Gasteiger charge is -2.21. The van der Waals surface area contributed by atoms with Crippen molar-refractivity contribution in [2.75, 3.05) is 25.6 Å². The van der Waals surface area contributed by atoms with Crippen LogP contribution in [0, 0.1) is 0 Å². The maximum Gasteiger partial charge on any atom is 0.255 e. The van der Waals surface area contributed by atoms with Crippen molar-refractivity contribution in [2.24, 2.45) is 5.84 Å². The van der Waals surface area contributed by atoms with Crippen molar-refractivity contribution in [3.63, 3.8) is 0 Å². The van der Waals surface area contributed by atoms with Crippen molar-refractivity contribution in [1.82, 2.24) is 9.88 Å². The first kappa shape index (κ1) is 12.8. The average molecular weight is 250 g/mol. The quantitative estimate of drug-likeness (QED) is 0.605. The summed E-state index contributed by atoms with van der Waals surface area (Å²) in [5.41, 5.74) is 3.53. The summed E-state index contributed by atoms with van der Waals surface area (Å²) >= 11 is 0. The molecule has 6 nitrogen and oxygen atoms in total. The topological polar surface area (TPSA) is 80.5 Å². The van der Waals surface area contributed by atoms with E-state index in [0.717, 1.165) is 19.4 Å². The van der Waals surface area contributed by atoms with E-state index < -0.39 is 0 Å². The highest BCUT2D eigenvalue weighted by Gasteiger charge is 2.22. The number of pyridine rings is 1. The van der Waals surface area contributed by atoms with Gasteiger partial charge < -0.3 is 15.1 Å². The first-order valence-electron chi connectivity index (χ1n) is 6.00. The minimum atomic E-state index is -0.0825. The van der Waals surface area contributed by atoms with Crippen LogP contribution in [0.15, 0.2) is 18.5 Å². The maximum absolute atomic E-state index is 12.3. The molecule has 0 aliphatic carbocycles. The van der Waals surface area contributed by atoms with Crippen LogP contribution in [0.5, 0.6) is 0 Å². The number of nitrogens with two attached hydrogens (primary N) is 1. The molecule has 6 heteroatoms. The maximum atomic E-state index is 12.3. The van der Waals surface area contributed by atoms with Gasteiger partial charge in [-0.25, -0.2) is 0 Å². The zero-order valence-electron chi connectivity index (χ0n) is 10.4. The average Bonchev–Trinajstić information content (AvgIpc) is 2.90. The van der Waals surface area contributed by atoms with Crippen LogP contribution in [0.1, 0.15) is 23.2 Å². The number of nitrogens with one attached hydrogen (secondary N) is 1. The molecule has 0 aromatic carbocycles. The Morgan fingerprint density at radius 2 is 2.56 bits per heavy atom. The first-order chi connectivity index (χ1) is 8.72. The molecular formula is C12H18N4O2. The number of hydrogen-bond donors (Lipinski definition) is 2. The Kier molecular flexibility index (Phi) is 4.11. The first-order valence-corrected chi connectivity index (χ1v) is 6.00. The number of hydrazine groups is 1. The number of likely N-dealkylation sites (N-methyl/N-ethyl adjacent to an activating group) is 1. The number of hydrogen-bond acceptors (Lipinski definition) is 5. The lowest BCUT2D eigenvalue weighted by molar-refractivity contribution is 0.0587. The number of anilines is 1. The van der Waals surface area contributed by atoms with Gasteiger partial charge in [-0.1, -0.05) is 0 Å². The highest BCUT2D eigenvalue weighted by Crippen LogP contribution is 2.17. The molecule has 98 valence electrons. The van der Waals surface area contributed by atoms with Gasteiger partial charge in [0.1, 0.15) is 0 Å². The molecule has 0 saturated carbocycles. The van der Waals surface area contributed by atoms with E-state index in [2.05, 4.69) is 10.4 Å². The van der Waals surface area contributed by atoms with Crippen molar-refractivity contribution in [3.05, 3.63) is 24.0 Å². The third kappa shape index (κ3) is 2.77. The molecule has 0 spiro atoms. The van der Waals surface area contributed by atoms with E-state index in [1.807, 2.05) is 0 Å². The van der Waals surface area contributed by atoms with Gasteiger partial charge in [-0.05, 0) is 18.9 Å². The highest BCUT2D eigenvalue weighted by atomic mass is 16.5. The van der Waals surface area contributed by atoms with E-state index in [-0.39, 0.29) is 12.0 Å². The van der Waals surface area contributed by atoms with Gasteiger partial charge in [-0.2, -0.15) is 0 Å². The van der Waals surface area contributed by atoms with Crippen LogP contribution >= 0.6 is 0 Å². The molecule has 1 aliphatic heterocycles. The van der Waals surface area contributed by atoms with Crippen LogP contribution in [0.25, 0.3) is 0 Å². The van der Waals surface area contributed by atoms with Crippen LogP contribution < -0.4 is 11.3 Å². The number of carbonyl (C=O) groups is 1. The molecule has 1 fully saturated rings. The zero-order chi connectivity index (χ0) is 13.0. The third-order valence-electron chi connectivity index (χ3n) is 3.06. The summed E-state index contributed by atoms with van der Waals surface area (Å²) in [5.74, 6) is 5.28. The summed E-state index contributed by atoms with van der Waals surface area (Å²) in [4.78, 5) is 17.8. The minimum absolute atomic E-state index is 0.0825. The highest BCUT2D eigenvalue weighted by molar-refractivity contribution is 5.99. The summed E-state index contributed by atoms with van der Waals surface area (Å²) in [5, 5.41) is 0. The van der Waals surface area contributed by atoms with Gasteiger partial charge in [0.2, 0.25) is 0 Å². The van der Waals surface area contributed by atoms with E-state index in [4.69, 9.17) is 10.6 Å². The van der Waals surface area contributed by atoms with Gasteiger partial charge in [0, 0.05) is 26.4 Å². The second kappa shape index (κ2) is 5.79. The van der Waals surface area contributed by atoms with Gasteiger partial charge in [0.15, 0.2) is 0 Å². The van der Waals surface area contributed by atoms with E-state index in [1.165, 1.54) is 6.20 Å².